The summed E-state index contributed by atoms with van der Waals surface area (Å²) in [4.78, 5) is 15.1. The van der Waals surface area contributed by atoms with Crippen LogP contribution in [0.2, 0.25) is 0 Å². The van der Waals surface area contributed by atoms with Gasteiger partial charge in [-0.25, -0.2) is 0 Å². The van der Waals surface area contributed by atoms with Crippen molar-refractivity contribution in [1.29, 1.82) is 0 Å². The lowest BCUT2D eigenvalue weighted by Gasteiger charge is -2.29. The van der Waals surface area contributed by atoms with Gasteiger partial charge in [0.05, 0.1) is 6.54 Å². The van der Waals surface area contributed by atoms with Gasteiger partial charge < -0.3 is 4.57 Å². The Balaban J connectivity index is 1.80. The van der Waals surface area contributed by atoms with E-state index in [4.69, 9.17) is 0 Å². The van der Waals surface area contributed by atoms with E-state index in [-0.39, 0.29) is 5.78 Å². The molecule has 0 spiro atoms. The van der Waals surface area contributed by atoms with Crippen LogP contribution < -0.4 is 0 Å². The van der Waals surface area contributed by atoms with Crippen LogP contribution in [0, 0.1) is 26.7 Å². The van der Waals surface area contributed by atoms with Crippen LogP contribution >= 0.6 is 0 Å². The number of hydrogen-bond acceptors (Lipinski definition) is 2. The Kier molecular flexibility index (Phi) is 4.91. The van der Waals surface area contributed by atoms with E-state index in [1.54, 1.807) is 0 Å². The van der Waals surface area contributed by atoms with E-state index in [9.17, 15) is 4.79 Å². The second kappa shape index (κ2) is 6.94. The van der Waals surface area contributed by atoms with E-state index in [1.165, 1.54) is 18.4 Å². The van der Waals surface area contributed by atoms with Crippen molar-refractivity contribution in [1.82, 2.24) is 9.47 Å². The molecule has 0 bridgehead atoms. The highest BCUT2D eigenvalue weighted by Gasteiger charge is 2.21. The van der Waals surface area contributed by atoms with Gasteiger partial charge in [-0.2, -0.15) is 0 Å². The SMILES string of the molecule is Cc1ccc(-n2c(C)cc(C(=O)CN3CCC(C)CC3)c2C)cc1. The molecular weight excluding hydrogens is 296 g/mol. The third-order valence-electron chi connectivity index (χ3n) is 5.27. The number of carbonyl (C=O) groups excluding carboxylic acids is 1. The van der Waals surface area contributed by atoms with Crippen LogP contribution in [0.1, 0.15) is 47.1 Å². The molecule has 0 saturated carbocycles. The molecular formula is C21H28N2O. The molecule has 0 amide bonds. The van der Waals surface area contributed by atoms with Gasteiger partial charge in [0.2, 0.25) is 0 Å². The maximum absolute atomic E-state index is 12.8. The molecule has 3 rings (SSSR count). The summed E-state index contributed by atoms with van der Waals surface area (Å²) in [6.07, 6.45) is 2.41. The number of aromatic nitrogens is 1. The molecule has 2 heterocycles. The Labute approximate surface area is 145 Å². The molecule has 0 unspecified atom stereocenters. The minimum absolute atomic E-state index is 0.246. The number of rotatable bonds is 4. The Bertz CT molecular complexity index is 719. The maximum atomic E-state index is 12.8. The molecule has 1 aromatic carbocycles. The summed E-state index contributed by atoms with van der Waals surface area (Å²) in [5, 5.41) is 0. The van der Waals surface area contributed by atoms with Gasteiger partial charge in [0.1, 0.15) is 0 Å². The minimum Gasteiger partial charge on any atom is -0.318 e. The second-order valence-electron chi connectivity index (χ2n) is 7.34. The Morgan fingerprint density at radius 1 is 1.08 bits per heavy atom. The summed E-state index contributed by atoms with van der Waals surface area (Å²) in [5.74, 6) is 1.04. The molecule has 2 aromatic rings. The number of Topliss-reactive ketones (excluding diaryl/α,β-unsaturated/α-hetero) is 1. The first-order valence-corrected chi connectivity index (χ1v) is 8.97. The number of hydrogen-bond donors (Lipinski definition) is 0. The van der Waals surface area contributed by atoms with Gasteiger partial charge in [-0.15, -0.1) is 0 Å². The fourth-order valence-corrected chi connectivity index (χ4v) is 3.64. The molecule has 1 aliphatic rings. The third kappa shape index (κ3) is 3.46. The highest BCUT2D eigenvalue weighted by molar-refractivity contribution is 5.99. The molecule has 1 aliphatic heterocycles. The molecule has 24 heavy (non-hydrogen) atoms. The van der Waals surface area contributed by atoms with Gasteiger partial charge in [-0.3, -0.25) is 9.69 Å². The number of nitrogens with zero attached hydrogens (tertiary/aromatic N) is 2. The zero-order valence-electron chi connectivity index (χ0n) is 15.3. The largest absolute Gasteiger partial charge is 0.318 e. The van der Waals surface area contributed by atoms with Crippen LogP contribution in [-0.2, 0) is 0 Å². The first kappa shape index (κ1) is 17.0. The van der Waals surface area contributed by atoms with E-state index in [0.717, 1.165) is 41.6 Å². The molecule has 0 aliphatic carbocycles. The summed E-state index contributed by atoms with van der Waals surface area (Å²) in [7, 11) is 0. The Morgan fingerprint density at radius 2 is 1.71 bits per heavy atom. The van der Waals surface area contributed by atoms with Crippen molar-refractivity contribution in [2.75, 3.05) is 19.6 Å². The molecule has 1 saturated heterocycles. The second-order valence-corrected chi connectivity index (χ2v) is 7.34. The van der Waals surface area contributed by atoms with Crippen LogP contribution in [0.25, 0.3) is 5.69 Å². The first-order chi connectivity index (χ1) is 11.5. The summed E-state index contributed by atoms with van der Waals surface area (Å²) in [6, 6.07) is 10.5. The zero-order chi connectivity index (χ0) is 17.3. The van der Waals surface area contributed by atoms with Crippen molar-refractivity contribution in [2.24, 2.45) is 5.92 Å². The number of ketones is 1. The summed E-state index contributed by atoms with van der Waals surface area (Å²) >= 11 is 0. The number of piperidine rings is 1. The average Bonchev–Trinajstić information content (AvgIpc) is 2.85. The van der Waals surface area contributed by atoms with Crippen LogP contribution in [0.4, 0.5) is 0 Å². The fourth-order valence-electron chi connectivity index (χ4n) is 3.64. The van der Waals surface area contributed by atoms with Gasteiger partial charge in [0.15, 0.2) is 5.78 Å². The van der Waals surface area contributed by atoms with E-state index in [1.807, 2.05) is 6.07 Å². The van der Waals surface area contributed by atoms with Crippen molar-refractivity contribution in [3.05, 3.63) is 52.8 Å². The van der Waals surface area contributed by atoms with Crippen LogP contribution in [0.5, 0.6) is 0 Å². The van der Waals surface area contributed by atoms with Crippen LogP contribution in [0.3, 0.4) is 0 Å². The van der Waals surface area contributed by atoms with Crippen molar-refractivity contribution >= 4 is 5.78 Å². The molecule has 3 nitrogen and oxygen atoms in total. The van der Waals surface area contributed by atoms with E-state index in [0.29, 0.717) is 6.54 Å². The molecule has 0 atom stereocenters. The highest BCUT2D eigenvalue weighted by Crippen LogP contribution is 2.23. The lowest BCUT2D eigenvalue weighted by Crippen LogP contribution is -2.36. The van der Waals surface area contributed by atoms with Gasteiger partial charge in [-0.05, 0) is 70.8 Å². The van der Waals surface area contributed by atoms with E-state index in [2.05, 4.69) is 61.4 Å². The number of benzene rings is 1. The normalized spacial score (nSPS) is 16.5. The minimum atomic E-state index is 0.246. The van der Waals surface area contributed by atoms with E-state index < -0.39 is 0 Å². The van der Waals surface area contributed by atoms with Crippen LogP contribution in [-0.4, -0.2) is 34.9 Å². The monoisotopic (exact) mass is 324 g/mol. The lowest BCUT2D eigenvalue weighted by atomic mass is 9.99. The summed E-state index contributed by atoms with van der Waals surface area (Å²) in [6.45, 7) is 11.2. The van der Waals surface area contributed by atoms with Gasteiger partial charge in [0, 0.05) is 22.6 Å². The molecule has 1 fully saturated rings. The molecule has 0 N–H and O–H groups in total. The topological polar surface area (TPSA) is 25.2 Å². The zero-order valence-corrected chi connectivity index (χ0v) is 15.3. The number of carbonyl (C=O) groups is 1. The molecule has 0 radical (unpaired) electrons. The Morgan fingerprint density at radius 3 is 2.33 bits per heavy atom. The number of likely N-dealkylation sites (tertiary alicyclic amines) is 1. The smallest absolute Gasteiger partial charge is 0.178 e. The summed E-state index contributed by atoms with van der Waals surface area (Å²) in [5.41, 5.74) is 5.41. The molecule has 1 aromatic heterocycles. The van der Waals surface area contributed by atoms with Crippen molar-refractivity contribution in [3.63, 3.8) is 0 Å². The third-order valence-corrected chi connectivity index (χ3v) is 5.27. The van der Waals surface area contributed by atoms with Gasteiger partial charge in [-0.1, -0.05) is 24.6 Å². The highest BCUT2D eigenvalue weighted by atomic mass is 16.1. The first-order valence-electron chi connectivity index (χ1n) is 8.97. The van der Waals surface area contributed by atoms with Crippen LogP contribution in [0.15, 0.2) is 30.3 Å². The maximum Gasteiger partial charge on any atom is 0.178 e. The average molecular weight is 324 g/mol. The quantitative estimate of drug-likeness (QED) is 0.783. The van der Waals surface area contributed by atoms with Crippen molar-refractivity contribution < 1.29 is 4.79 Å². The predicted molar refractivity (Wildman–Crippen MR) is 99.1 cm³/mol. The van der Waals surface area contributed by atoms with Gasteiger partial charge in [0.25, 0.3) is 0 Å². The Hall–Kier alpha value is -1.87. The molecule has 128 valence electrons. The summed E-state index contributed by atoms with van der Waals surface area (Å²) < 4.78 is 2.19. The lowest BCUT2D eigenvalue weighted by molar-refractivity contribution is 0.0899. The number of aryl methyl sites for hydroxylation is 2. The van der Waals surface area contributed by atoms with Crippen molar-refractivity contribution in [2.45, 2.75) is 40.5 Å². The van der Waals surface area contributed by atoms with Crippen molar-refractivity contribution in [3.8, 4) is 5.69 Å². The standard InChI is InChI=1S/C21H28N2O/c1-15-5-7-19(8-6-15)23-17(3)13-20(18(23)4)21(24)14-22-11-9-16(2)10-12-22/h5-8,13,16H,9-12,14H2,1-4H3. The van der Waals surface area contributed by atoms with Gasteiger partial charge >= 0.3 is 0 Å². The molecule has 3 heteroatoms. The predicted octanol–water partition coefficient (Wildman–Crippen LogP) is 4.32. The van der Waals surface area contributed by atoms with E-state index >= 15 is 0 Å². The fraction of sp³-hybridized carbons (Fsp3) is 0.476.